The predicted octanol–water partition coefficient (Wildman–Crippen LogP) is 5.25. The molecule has 0 amide bonds. The van der Waals surface area contributed by atoms with Crippen LogP contribution in [0.15, 0.2) is 91.0 Å². The Bertz CT molecular complexity index is 915. The maximum atomic E-state index is 7.20. The van der Waals surface area contributed by atoms with E-state index in [4.69, 9.17) is 8.85 Å². The minimum atomic E-state index is -2.40. The molecule has 0 saturated heterocycles. The van der Waals surface area contributed by atoms with Gasteiger partial charge in [0.2, 0.25) is 16.2 Å². The predicted molar refractivity (Wildman–Crippen MR) is 145 cm³/mol. The lowest BCUT2D eigenvalue weighted by molar-refractivity contribution is 0.203. The zero-order chi connectivity index (χ0) is 23.2. The molecule has 5 heteroatoms. The Hall–Kier alpha value is -1.77. The van der Waals surface area contributed by atoms with E-state index in [1.54, 1.807) is 0 Å². The van der Waals surface area contributed by atoms with Gasteiger partial charge in [-0.25, -0.2) is 0 Å². The monoisotopic (exact) mass is 477 g/mol. The molecule has 0 aromatic heterocycles. The van der Waals surface area contributed by atoms with E-state index < -0.39 is 23.7 Å². The highest BCUT2D eigenvalue weighted by Gasteiger charge is 2.51. The van der Waals surface area contributed by atoms with Crippen molar-refractivity contribution in [2.24, 2.45) is 0 Å². The van der Waals surface area contributed by atoms with E-state index in [9.17, 15) is 0 Å². The highest BCUT2D eigenvalue weighted by molar-refractivity contribution is 7.48. The maximum absolute atomic E-state index is 7.20. The van der Waals surface area contributed by atoms with Crippen molar-refractivity contribution in [3.8, 4) is 0 Å². The van der Waals surface area contributed by atoms with E-state index in [1.807, 2.05) is 6.61 Å². The molecule has 0 saturated carbocycles. The highest BCUT2D eigenvalue weighted by atomic mass is 29.3. The molecule has 0 spiro atoms. The SMILES string of the molecule is CC(C[CH]O[Si](C)(C)c1ccccc1)O[Si](c1ccccc1)(c1ccccc1)[Si](C)(C)C. The molecule has 1 atom stereocenters. The maximum Gasteiger partial charge on any atom is 0.240 e. The molecule has 3 rings (SSSR count). The van der Waals surface area contributed by atoms with Gasteiger partial charge in [0, 0.05) is 6.10 Å². The van der Waals surface area contributed by atoms with Crippen molar-refractivity contribution >= 4 is 39.3 Å². The number of hydrogen-bond acceptors (Lipinski definition) is 2. The van der Waals surface area contributed by atoms with Crippen molar-refractivity contribution < 1.29 is 8.85 Å². The summed E-state index contributed by atoms with van der Waals surface area (Å²) in [5.74, 6) is 0. The first kappa shape index (κ1) is 24.9. The van der Waals surface area contributed by atoms with Crippen LogP contribution in [-0.2, 0) is 8.85 Å². The van der Waals surface area contributed by atoms with E-state index in [2.05, 4.69) is 131 Å². The lowest BCUT2D eigenvalue weighted by Gasteiger charge is -2.44. The molecule has 0 aliphatic rings. The zero-order valence-electron chi connectivity index (χ0n) is 20.3. The molecule has 32 heavy (non-hydrogen) atoms. The van der Waals surface area contributed by atoms with E-state index in [1.165, 1.54) is 15.6 Å². The fourth-order valence-corrected chi connectivity index (χ4v) is 18.6. The summed E-state index contributed by atoms with van der Waals surface area (Å²) in [5, 5.41) is 4.05. The van der Waals surface area contributed by atoms with Crippen LogP contribution < -0.4 is 15.6 Å². The lowest BCUT2D eigenvalue weighted by Crippen LogP contribution is -2.75. The van der Waals surface area contributed by atoms with Crippen LogP contribution in [-0.4, -0.2) is 29.8 Å². The van der Waals surface area contributed by atoms with E-state index >= 15 is 0 Å². The third kappa shape index (κ3) is 5.58. The second-order valence-corrected chi connectivity index (χ2v) is 27.7. The van der Waals surface area contributed by atoms with Gasteiger partial charge in [0.05, 0.1) is 14.2 Å². The second-order valence-electron chi connectivity index (χ2n) is 9.99. The molecule has 3 aromatic carbocycles. The third-order valence-electron chi connectivity index (χ3n) is 6.07. The molecule has 0 aliphatic carbocycles. The van der Waals surface area contributed by atoms with E-state index in [0.29, 0.717) is 0 Å². The Balaban J connectivity index is 1.82. The van der Waals surface area contributed by atoms with Gasteiger partial charge >= 0.3 is 0 Å². The minimum absolute atomic E-state index is 0.0781. The van der Waals surface area contributed by atoms with Gasteiger partial charge < -0.3 is 8.85 Å². The summed E-state index contributed by atoms with van der Waals surface area (Å²) in [6.07, 6.45) is 0.858. The number of hydrogen-bond donors (Lipinski definition) is 0. The fraction of sp³-hybridized carbons (Fsp3) is 0.296. The Morgan fingerprint density at radius 3 is 1.47 bits per heavy atom. The molecular formula is C27H37O2Si3. The van der Waals surface area contributed by atoms with E-state index in [0.717, 1.165) is 6.42 Å². The van der Waals surface area contributed by atoms with Gasteiger partial charge in [0.1, 0.15) is 0 Å². The van der Waals surface area contributed by atoms with Crippen LogP contribution in [0, 0.1) is 6.61 Å². The first-order valence-electron chi connectivity index (χ1n) is 11.5. The van der Waals surface area contributed by atoms with Crippen molar-refractivity contribution in [3.63, 3.8) is 0 Å². The summed E-state index contributed by atoms with van der Waals surface area (Å²) in [7, 11) is -6.10. The quantitative estimate of drug-likeness (QED) is 0.371. The smallest absolute Gasteiger partial charge is 0.240 e. The molecule has 0 heterocycles. The van der Waals surface area contributed by atoms with Gasteiger partial charge in [-0.1, -0.05) is 111 Å². The molecule has 0 N–H and O–H groups in total. The fourth-order valence-electron chi connectivity index (χ4n) is 4.34. The van der Waals surface area contributed by atoms with Crippen LogP contribution >= 0.6 is 0 Å². The summed E-state index contributed by atoms with van der Waals surface area (Å²) in [6.45, 7) is 16.1. The normalized spacial score (nSPS) is 13.7. The second kappa shape index (κ2) is 10.4. The molecular weight excluding hydrogens is 441 g/mol. The van der Waals surface area contributed by atoms with Crippen molar-refractivity contribution in [2.45, 2.75) is 52.2 Å². The number of rotatable bonds is 10. The van der Waals surface area contributed by atoms with Gasteiger partial charge in [-0.3, -0.25) is 0 Å². The molecule has 2 nitrogen and oxygen atoms in total. The van der Waals surface area contributed by atoms with E-state index in [-0.39, 0.29) is 6.10 Å². The van der Waals surface area contributed by atoms with Gasteiger partial charge in [0.15, 0.2) is 0 Å². The topological polar surface area (TPSA) is 18.5 Å². The lowest BCUT2D eigenvalue weighted by atomic mass is 10.3. The molecule has 0 fully saturated rings. The van der Waals surface area contributed by atoms with Crippen LogP contribution in [0.2, 0.25) is 32.7 Å². The van der Waals surface area contributed by atoms with Gasteiger partial charge in [-0.15, -0.1) is 0 Å². The summed E-state index contributed by atoms with van der Waals surface area (Å²) < 4.78 is 13.6. The average Bonchev–Trinajstić information content (AvgIpc) is 2.78. The van der Waals surface area contributed by atoms with Crippen molar-refractivity contribution in [1.82, 2.24) is 0 Å². The Kier molecular flexibility index (Phi) is 8.11. The van der Waals surface area contributed by atoms with Gasteiger partial charge in [-0.05, 0) is 42.0 Å². The van der Waals surface area contributed by atoms with Crippen LogP contribution in [0.5, 0.6) is 0 Å². The largest absolute Gasteiger partial charge is 0.408 e. The summed E-state index contributed by atoms with van der Waals surface area (Å²) in [5.41, 5.74) is 0. The first-order valence-corrected chi connectivity index (χ1v) is 20.8. The Labute approximate surface area is 197 Å². The molecule has 0 aliphatic heterocycles. The molecule has 1 unspecified atom stereocenters. The minimum Gasteiger partial charge on any atom is -0.408 e. The average molecular weight is 478 g/mol. The summed E-state index contributed by atoms with van der Waals surface area (Å²) in [6, 6.07) is 32.5. The molecule has 169 valence electrons. The Morgan fingerprint density at radius 2 is 1.06 bits per heavy atom. The standard InChI is InChI=1S/C27H37O2Si3/c1-24(22-23-28-31(5,6)25-16-10-7-11-17-25)29-32(30(2,3)4,26-18-12-8-13-19-26)27-20-14-9-15-21-27/h7-21,23-24H,22H2,1-6H3. The van der Waals surface area contributed by atoms with Crippen molar-refractivity contribution in [1.29, 1.82) is 0 Å². The molecule has 1 radical (unpaired) electrons. The van der Waals surface area contributed by atoms with Gasteiger partial charge in [0.25, 0.3) is 0 Å². The zero-order valence-corrected chi connectivity index (χ0v) is 23.3. The molecule has 3 aromatic rings. The van der Waals surface area contributed by atoms with Gasteiger partial charge in [-0.2, -0.15) is 0 Å². The van der Waals surface area contributed by atoms with Crippen molar-refractivity contribution in [2.75, 3.05) is 0 Å². The van der Waals surface area contributed by atoms with Crippen LogP contribution in [0.4, 0.5) is 0 Å². The summed E-state index contributed by atoms with van der Waals surface area (Å²) in [4.78, 5) is 0. The van der Waals surface area contributed by atoms with Crippen LogP contribution in [0.1, 0.15) is 13.3 Å². The highest BCUT2D eigenvalue weighted by Crippen LogP contribution is 2.24. The Morgan fingerprint density at radius 1 is 0.656 bits per heavy atom. The molecule has 0 bridgehead atoms. The number of benzene rings is 3. The van der Waals surface area contributed by atoms with Crippen LogP contribution in [0.25, 0.3) is 0 Å². The van der Waals surface area contributed by atoms with Crippen molar-refractivity contribution in [3.05, 3.63) is 97.6 Å². The first-order chi connectivity index (χ1) is 15.2. The van der Waals surface area contributed by atoms with Crippen LogP contribution in [0.3, 0.4) is 0 Å². The summed E-state index contributed by atoms with van der Waals surface area (Å²) >= 11 is 0. The third-order valence-corrected chi connectivity index (χ3v) is 22.1.